The van der Waals surface area contributed by atoms with Crippen molar-refractivity contribution in [2.75, 3.05) is 7.11 Å². The third-order valence-electron chi connectivity index (χ3n) is 3.89. The molecule has 1 aromatic carbocycles. The van der Waals surface area contributed by atoms with Crippen LogP contribution in [0.1, 0.15) is 11.3 Å². The van der Waals surface area contributed by atoms with E-state index in [4.69, 9.17) is 13.9 Å². The van der Waals surface area contributed by atoms with Crippen molar-refractivity contribution >= 4 is 33.2 Å². The van der Waals surface area contributed by atoms with E-state index >= 15 is 0 Å². The lowest BCUT2D eigenvalue weighted by atomic mass is 10.1. The van der Waals surface area contributed by atoms with Crippen molar-refractivity contribution in [1.29, 1.82) is 0 Å². The average Bonchev–Trinajstić information content (AvgIpc) is 3.20. The number of ether oxygens (including phenoxy) is 2. The molecule has 0 radical (unpaired) electrons. The number of carbonyl (C=O) groups excluding carboxylic acids is 1. The van der Waals surface area contributed by atoms with E-state index in [-0.39, 0.29) is 13.0 Å². The Hall–Kier alpha value is -3.13. The van der Waals surface area contributed by atoms with Gasteiger partial charge in [-0.1, -0.05) is 0 Å². The van der Waals surface area contributed by atoms with Crippen LogP contribution in [0.4, 0.5) is 0 Å². The maximum Gasteiger partial charge on any atom is 0.336 e. The number of carbonyl (C=O) groups is 1. The monoisotopic (exact) mass is 370 g/mol. The standard InChI is InChI=1S/C18H14N2O5S/c1-23-13-2-3-14-11(6-17(22)25-15(14)8-13)10-24-16(21)7-12-9-20-4-5-26-18(20)19-12/h2-6,8-9H,7,10H2,1H3. The first-order valence-corrected chi connectivity index (χ1v) is 8.68. The Morgan fingerprint density at radius 1 is 1.35 bits per heavy atom. The summed E-state index contributed by atoms with van der Waals surface area (Å²) in [4.78, 5) is 29.0. The predicted molar refractivity (Wildman–Crippen MR) is 95.6 cm³/mol. The summed E-state index contributed by atoms with van der Waals surface area (Å²) in [7, 11) is 1.53. The van der Waals surface area contributed by atoms with Gasteiger partial charge in [0.05, 0.1) is 19.2 Å². The lowest BCUT2D eigenvalue weighted by Gasteiger charge is -2.08. The normalized spacial score (nSPS) is 11.1. The van der Waals surface area contributed by atoms with Gasteiger partial charge in [0.2, 0.25) is 0 Å². The number of rotatable bonds is 5. The first kappa shape index (κ1) is 16.3. The van der Waals surface area contributed by atoms with Crippen LogP contribution in [0, 0.1) is 0 Å². The Morgan fingerprint density at radius 2 is 2.23 bits per heavy atom. The van der Waals surface area contributed by atoms with E-state index in [9.17, 15) is 9.59 Å². The van der Waals surface area contributed by atoms with Crippen LogP contribution in [-0.2, 0) is 22.6 Å². The number of fused-ring (bicyclic) bond motifs is 2. The molecule has 0 bridgehead atoms. The third kappa shape index (κ3) is 3.18. The van der Waals surface area contributed by atoms with E-state index in [1.807, 2.05) is 16.0 Å². The SMILES string of the molecule is COc1ccc2c(COC(=O)Cc3cn4ccsc4n3)cc(=O)oc2c1. The summed E-state index contributed by atoms with van der Waals surface area (Å²) >= 11 is 1.50. The topological polar surface area (TPSA) is 83.0 Å². The molecule has 0 fully saturated rings. The van der Waals surface area contributed by atoms with Gasteiger partial charge >= 0.3 is 11.6 Å². The number of esters is 1. The summed E-state index contributed by atoms with van der Waals surface area (Å²) in [5.74, 6) is 0.167. The van der Waals surface area contributed by atoms with Crippen LogP contribution in [0.2, 0.25) is 0 Å². The van der Waals surface area contributed by atoms with Crippen molar-refractivity contribution in [3.05, 3.63) is 63.7 Å². The average molecular weight is 370 g/mol. The number of imidazole rings is 1. The molecule has 4 rings (SSSR count). The van der Waals surface area contributed by atoms with E-state index in [0.717, 1.165) is 4.96 Å². The number of thiazole rings is 1. The molecule has 3 aromatic heterocycles. The van der Waals surface area contributed by atoms with Crippen molar-refractivity contribution in [3.8, 4) is 5.75 Å². The quantitative estimate of drug-likeness (QED) is 0.397. The molecule has 0 aliphatic heterocycles. The van der Waals surface area contributed by atoms with Gasteiger partial charge in [-0.05, 0) is 12.1 Å². The van der Waals surface area contributed by atoms with Crippen LogP contribution < -0.4 is 10.4 Å². The van der Waals surface area contributed by atoms with Gasteiger partial charge in [-0.15, -0.1) is 11.3 Å². The number of nitrogens with zero attached hydrogens (tertiary/aromatic N) is 2. The maximum atomic E-state index is 12.1. The number of hydrogen-bond acceptors (Lipinski definition) is 7. The van der Waals surface area contributed by atoms with Gasteiger partial charge in [-0.2, -0.15) is 0 Å². The van der Waals surface area contributed by atoms with Crippen LogP contribution >= 0.6 is 11.3 Å². The van der Waals surface area contributed by atoms with Crippen LogP contribution in [0.25, 0.3) is 15.9 Å². The molecule has 0 aliphatic rings. The first-order valence-electron chi connectivity index (χ1n) is 7.80. The Bertz CT molecular complexity index is 1130. The van der Waals surface area contributed by atoms with Gasteiger partial charge in [0.15, 0.2) is 4.96 Å². The van der Waals surface area contributed by atoms with E-state index < -0.39 is 11.6 Å². The molecule has 0 spiro atoms. The smallest absolute Gasteiger partial charge is 0.336 e. The number of aromatic nitrogens is 2. The van der Waals surface area contributed by atoms with Gasteiger partial charge in [-0.25, -0.2) is 9.78 Å². The van der Waals surface area contributed by atoms with Crippen molar-refractivity contribution in [1.82, 2.24) is 9.38 Å². The van der Waals surface area contributed by atoms with Gasteiger partial charge < -0.3 is 13.9 Å². The Labute approximate surface area is 151 Å². The molecule has 26 heavy (non-hydrogen) atoms. The zero-order valence-electron chi connectivity index (χ0n) is 13.8. The van der Waals surface area contributed by atoms with Crippen LogP contribution in [0.5, 0.6) is 5.75 Å². The molecule has 0 amide bonds. The molecule has 0 N–H and O–H groups in total. The number of methoxy groups -OCH3 is 1. The van der Waals surface area contributed by atoms with Crippen molar-refractivity contribution in [3.63, 3.8) is 0 Å². The summed E-state index contributed by atoms with van der Waals surface area (Å²) in [6.45, 7) is -0.0184. The maximum absolute atomic E-state index is 12.1. The summed E-state index contributed by atoms with van der Waals surface area (Å²) in [6.07, 6.45) is 3.75. The van der Waals surface area contributed by atoms with Gasteiger partial charge in [0.1, 0.15) is 17.9 Å². The summed E-state index contributed by atoms with van der Waals surface area (Å²) in [5.41, 5.74) is 1.10. The predicted octanol–water partition coefficient (Wildman–Crippen LogP) is 2.80. The molecular weight excluding hydrogens is 356 g/mol. The Balaban J connectivity index is 1.50. The molecular formula is C18H14N2O5S. The summed E-state index contributed by atoms with van der Waals surface area (Å²) in [5, 5.41) is 2.62. The molecule has 0 aliphatic carbocycles. The minimum Gasteiger partial charge on any atom is -0.497 e. The second kappa shape index (κ2) is 6.64. The molecule has 0 atom stereocenters. The highest BCUT2D eigenvalue weighted by atomic mass is 32.1. The lowest BCUT2D eigenvalue weighted by Crippen LogP contribution is -2.10. The fourth-order valence-electron chi connectivity index (χ4n) is 2.68. The molecule has 132 valence electrons. The fourth-order valence-corrected chi connectivity index (χ4v) is 3.39. The van der Waals surface area contributed by atoms with Crippen molar-refractivity contribution < 1.29 is 18.7 Å². The second-order valence-electron chi connectivity index (χ2n) is 5.62. The van der Waals surface area contributed by atoms with Crippen LogP contribution in [0.3, 0.4) is 0 Å². The highest BCUT2D eigenvalue weighted by Gasteiger charge is 2.12. The van der Waals surface area contributed by atoms with E-state index in [1.165, 1.54) is 24.5 Å². The minimum absolute atomic E-state index is 0.0184. The van der Waals surface area contributed by atoms with Gasteiger partial charge in [-0.3, -0.25) is 9.20 Å². The zero-order chi connectivity index (χ0) is 18.1. The van der Waals surface area contributed by atoms with Crippen molar-refractivity contribution in [2.24, 2.45) is 0 Å². The third-order valence-corrected chi connectivity index (χ3v) is 4.67. The molecule has 0 saturated carbocycles. The highest BCUT2D eigenvalue weighted by Crippen LogP contribution is 2.23. The van der Waals surface area contributed by atoms with Gasteiger partial charge in [0.25, 0.3) is 0 Å². The molecule has 4 aromatic rings. The molecule has 8 heteroatoms. The van der Waals surface area contributed by atoms with E-state index in [1.54, 1.807) is 24.4 Å². The number of benzene rings is 1. The largest absolute Gasteiger partial charge is 0.497 e. The number of hydrogen-bond donors (Lipinski definition) is 0. The molecule has 7 nitrogen and oxygen atoms in total. The summed E-state index contributed by atoms with van der Waals surface area (Å²) < 4.78 is 17.5. The molecule has 0 unspecified atom stereocenters. The van der Waals surface area contributed by atoms with E-state index in [2.05, 4.69) is 4.98 Å². The van der Waals surface area contributed by atoms with Crippen LogP contribution in [0.15, 0.2) is 51.3 Å². The molecule has 3 heterocycles. The van der Waals surface area contributed by atoms with Gasteiger partial charge in [0, 0.05) is 40.9 Å². The zero-order valence-corrected chi connectivity index (χ0v) is 14.6. The van der Waals surface area contributed by atoms with Crippen LogP contribution in [-0.4, -0.2) is 22.5 Å². The highest BCUT2D eigenvalue weighted by molar-refractivity contribution is 7.15. The van der Waals surface area contributed by atoms with Crippen molar-refractivity contribution in [2.45, 2.75) is 13.0 Å². The Kier molecular flexibility index (Phi) is 4.18. The lowest BCUT2D eigenvalue weighted by molar-refractivity contribution is -0.144. The second-order valence-corrected chi connectivity index (χ2v) is 6.49. The first-order chi connectivity index (χ1) is 12.6. The molecule has 0 saturated heterocycles. The van der Waals surface area contributed by atoms with E-state index in [0.29, 0.717) is 28.0 Å². The minimum atomic E-state index is -0.508. The Morgan fingerprint density at radius 3 is 3.04 bits per heavy atom. The summed E-state index contributed by atoms with van der Waals surface area (Å²) in [6, 6.07) is 6.48. The fraction of sp³-hybridized carbons (Fsp3) is 0.167.